The fourth-order valence-corrected chi connectivity index (χ4v) is 19.2. The van der Waals surface area contributed by atoms with Crippen LogP contribution in [0.15, 0.2) is 382 Å². The van der Waals surface area contributed by atoms with Gasteiger partial charge in [-0.25, -0.2) is 29.9 Å². The first-order chi connectivity index (χ1) is 59.5. The van der Waals surface area contributed by atoms with Crippen LogP contribution in [0.25, 0.3) is 214 Å². The van der Waals surface area contributed by atoms with Crippen LogP contribution in [0.1, 0.15) is 0 Å². The molecule has 0 spiro atoms. The van der Waals surface area contributed by atoms with Gasteiger partial charge in [0.25, 0.3) is 0 Å². The Kier molecular flexibility index (Phi) is 18.1. The Morgan fingerprint density at radius 2 is 0.517 bits per heavy atom. The van der Waals surface area contributed by atoms with E-state index in [-0.39, 0.29) is 0 Å². The number of hydrogen-bond acceptors (Lipinski definition) is 15. The van der Waals surface area contributed by atoms with Crippen LogP contribution in [0.3, 0.4) is 0 Å². The Morgan fingerprint density at radius 3 is 0.933 bits per heavy atom. The zero-order valence-electron chi connectivity index (χ0n) is 63.8. The van der Waals surface area contributed by atoms with E-state index < -0.39 is 0 Å². The van der Waals surface area contributed by atoms with Gasteiger partial charge < -0.3 is 13.7 Å². The van der Waals surface area contributed by atoms with E-state index in [0.717, 1.165) is 95.5 Å². The molecule has 0 aliphatic carbocycles. The molecule has 15 aromatic heterocycles. The summed E-state index contributed by atoms with van der Waals surface area (Å²) in [7, 11) is 0. The molecule has 15 nitrogen and oxygen atoms in total. The highest BCUT2D eigenvalue weighted by molar-refractivity contribution is 7.19. The second kappa shape index (κ2) is 30.5. The molecule has 9 aromatic carbocycles. The topological polar surface area (TPSA) is 169 Å². The first-order valence-electron chi connectivity index (χ1n) is 39.1. The van der Waals surface area contributed by atoms with Crippen molar-refractivity contribution < 1.29 is 0 Å². The molecule has 0 saturated heterocycles. The summed E-state index contributed by atoms with van der Waals surface area (Å²) in [6.45, 7) is 0. The van der Waals surface area contributed by atoms with Gasteiger partial charge in [-0.15, -0.1) is 34.0 Å². The number of benzene rings is 9. The Labute approximate surface area is 698 Å². The van der Waals surface area contributed by atoms with Gasteiger partial charge in [-0.3, -0.25) is 29.9 Å². The number of rotatable bonds is 12. The summed E-state index contributed by atoms with van der Waals surface area (Å²) in [5.74, 6) is 2.47. The van der Waals surface area contributed by atoms with E-state index in [1.54, 1.807) is 84.6 Å². The van der Waals surface area contributed by atoms with Crippen LogP contribution < -0.4 is 0 Å². The highest BCUT2D eigenvalue weighted by atomic mass is 32.1. The smallest absolute Gasteiger partial charge is 0.164 e. The number of fused-ring (bicyclic) bond motifs is 15. The molecule has 0 fully saturated rings. The molecule has 120 heavy (non-hydrogen) atoms. The molecular weight excluding hydrogens is 1530 g/mol. The number of aromatic nitrogens is 15. The zero-order chi connectivity index (χ0) is 79.4. The monoisotopic (exact) mass is 1590 g/mol. The second-order valence-corrected chi connectivity index (χ2v) is 31.7. The van der Waals surface area contributed by atoms with Gasteiger partial charge >= 0.3 is 0 Å². The summed E-state index contributed by atoms with van der Waals surface area (Å²) in [6.07, 6.45) is 21.4. The molecule has 0 atom stereocenters. The van der Waals surface area contributed by atoms with E-state index in [1.165, 1.54) is 95.7 Å². The number of para-hydroxylation sites is 3. The average Bonchev–Trinajstić information content (AvgIpc) is 1.58. The molecule has 0 N–H and O–H groups in total. The number of nitrogens with zero attached hydrogens (tertiary/aromatic N) is 15. The lowest BCUT2D eigenvalue weighted by molar-refractivity contribution is 1.07. The summed E-state index contributed by atoms with van der Waals surface area (Å²) < 4.78 is 11.0. The van der Waals surface area contributed by atoms with Gasteiger partial charge in [0.2, 0.25) is 0 Å². The molecule has 18 heteroatoms. The lowest BCUT2D eigenvalue weighted by Crippen LogP contribution is -2.01. The molecule has 15 heterocycles. The standard InChI is InChI=1S/C35H22N4S.C34H21N5S.C33H20N6S/c1-2-4-32-29(3-1)34-33(10-7-26-15-20-40-35(26)34)39(32)28-8-5-24(6-9-28)30-21-27(23-11-16-36-17-12-23)22-31(38-30)25-13-18-37-19-14-25;1-2-7-30-27(6-1)32-31(9-8-23-14-19-40-33(23)32)39(30)26-5-3-4-25(20-26)29-21-28(22-10-15-35-16-11-22)37-34(38-29)24-12-17-36-18-13-24;1-2-7-27-26(6-1)29-28(9-8-21-14-19-40-30(21)29)39(27)25-5-3-4-24(20-25)33-37-31(22-10-15-34-16-11-22)36-32(38-33)23-12-17-35-18-13-23/h1-22H;1-21H;1-20H. The Hall–Kier alpha value is -15.6. The van der Waals surface area contributed by atoms with Crippen LogP contribution in [-0.2, 0) is 0 Å². The van der Waals surface area contributed by atoms with Crippen molar-refractivity contribution in [2.75, 3.05) is 0 Å². The Balaban J connectivity index is 0.000000108. The predicted octanol–water partition coefficient (Wildman–Crippen LogP) is 25.7. The Morgan fingerprint density at radius 1 is 0.192 bits per heavy atom. The molecule has 24 rings (SSSR count). The SMILES string of the molecule is c1cc(-c2cc(-c3ccncc3)nc(-c3ccncc3)n2)cc(-n2c3ccccc3c3c4sccc4ccc32)c1.c1cc(-c2nc(-c3ccncc3)nc(-c3ccncc3)n2)cc(-n2c3ccccc3c3c4sccc4ccc32)c1.c1ccc2c(c1)c1c3sccc3ccc1n2-c1ccc(-c2cc(-c3ccncc3)cc(-c3ccncc3)n2)cc1. The third kappa shape index (κ3) is 13.0. The lowest BCUT2D eigenvalue weighted by Gasteiger charge is -2.12. The number of thiophene rings is 3. The normalized spacial score (nSPS) is 11.5. The molecule has 564 valence electrons. The summed E-state index contributed by atoms with van der Waals surface area (Å²) in [6, 6.07) is 102. The van der Waals surface area contributed by atoms with Crippen molar-refractivity contribution in [3.8, 4) is 119 Å². The fraction of sp³-hybridized carbons (Fsp3) is 0. The van der Waals surface area contributed by atoms with Gasteiger partial charge in [0.15, 0.2) is 23.3 Å². The molecule has 0 radical (unpaired) electrons. The van der Waals surface area contributed by atoms with Crippen LogP contribution in [0.2, 0.25) is 0 Å². The maximum absolute atomic E-state index is 5.07. The van der Waals surface area contributed by atoms with Crippen molar-refractivity contribution >= 4 is 130 Å². The van der Waals surface area contributed by atoms with Crippen LogP contribution in [-0.4, -0.2) is 73.5 Å². The van der Waals surface area contributed by atoms with E-state index in [4.69, 9.17) is 29.9 Å². The van der Waals surface area contributed by atoms with Gasteiger partial charge in [-0.05, 0) is 225 Å². The lowest BCUT2D eigenvalue weighted by atomic mass is 10.0. The maximum atomic E-state index is 5.07. The minimum absolute atomic E-state index is 0.599. The molecular formula is C102H63N15S3. The van der Waals surface area contributed by atoms with Gasteiger partial charge in [-0.2, -0.15) is 0 Å². The number of pyridine rings is 7. The van der Waals surface area contributed by atoms with Gasteiger partial charge in [0.1, 0.15) is 0 Å². The molecule has 0 aliphatic rings. The van der Waals surface area contributed by atoms with E-state index in [2.05, 4.69) is 278 Å². The first-order valence-corrected chi connectivity index (χ1v) is 41.7. The summed E-state index contributed by atoms with van der Waals surface area (Å²) >= 11 is 5.40. The third-order valence-electron chi connectivity index (χ3n) is 21.9. The fourth-order valence-electron chi connectivity index (χ4n) is 16.4. The van der Waals surface area contributed by atoms with E-state index in [0.29, 0.717) is 23.3 Å². The zero-order valence-corrected chi connectivity index (χ0v) is 66.3. The minimum Gasteiger partial charge on any atom is -0.309 e. The van der Waals surface area contributed by atoms with E-state index in [9.17, 15) is 0 Å². The van der Waals surface area contributed by atoms with Crippen LogP contribution in [0, 0.1) is 0 Å². The highest BCUT2D eigenvalue weighted by Gasteiger charge is 2.23. The summed E-state index contributed by atoms with van der Waals surface area (Å²) in [5.41, 5.74) is 23.9. The summed E-state index contributed by atoms with van der Waals surface area (Å²) in [5, 5.41) is 18.1. The quantitative estimate of drug-likeness (QED) is 0.114. The van der Waals surface area contributed by atoms with Gasteiger partial charge in [0.05, 0.1) is 55.9 Å². The van der Waals surface area contributed by atoms with Crippen molar-refractivity contribution in [2.24, 2.45) is 0 Å². The van der Waals surface area contributed by atoms with Crippen LogP contribution >= 0.6 is 34.0 Å². The highest BCUT2D eigenvalue weighted by Crippen LogP contribution is 2.44. The summed E-state index contributed by atoms with van der Waals surface area (Å²) in [4.78, 5) is 54.7. The van der Waals surface area contributed by atoms with Crippen molar-refractivity contribution in [3.63, 3.8) is 0 Å². The van der Waals surface area contributed by atoms with Crippen molar-refractivity contribution in [2.45, 2.75) is 0 Å². The molecule has 0 aliphatic heterocycles. The molecule has 0 unspecified atom stereocenters. The van der Waals surface area contributed by atoms with Crippen LogP contribution in [0.4, 0.5) is 0 Å². The molecule has 0 bridgehead atoms. The van der Waals surface area contributed by atoms with Crippen LogP contribution in [0.5, 0.6) is 0 Å². The maximum Gasteiger partial charge on any atom is 0.164 e. The van der Waals surface area contributed by atoms with Gasteiger partial charge in [-0.1, -0.05) is 109 Å². The second-order valence-electron chi connectivity index (χ2n) is 28.9. The van der Waals surface area contributed by atoms with Gasteiger partial charge in [0, 0.05) is 182 Å². The molecule has 0 saturated carbocycles. The van der Waals surface area contributed by atoms with Crippen molar-refractivity contribution in [3.05, 3.63) is 382 Å². The average molecular weight is 1590 g/mol. The van der Waals surface area contributed by atoms with Crippen molar-refractivity contribution in [1.82, 2.24) is 73.5 Å². The van der Waals surface area contributed by atoms with Crippen molar-refractivity contribution in [1.29, 1.82) is 0 Å². The Bertz CT molecular complexity index is 7480. The number of hydrogen-bond donors (Lipinski definition) is 0. The third-order valence-corrected chi connectivity index (χ3v) is 24.8. The largest absolute Gasteiger partial charge is 0.309 e. The molecule has 24 aromatic rings. The minimum atomic E-state index is 0.599. The first kappa shape index (κ1) is 71.0. The molecule has 0 amide bonds. The van der Waals surface area contributed by atoms with E-state index >= 15 is 0 Å². The van der Waals surface area contributed by atoms with E-state index in [1.807, 2.05) is 96.5 Å². The predicted molar refractivity (Wildman–Crippen MR) is 491 cm³/mol.